The van der Waals surface area contributed by atoms with Crippen molar-refractivity contribution < 1.29 is 18.3 Å². The summed E-state index contributed by atoms with van der Waals surface area (Å²) in [5.74, 6) is 1.44. The van der Waals surface area contributed by atoms with E-state index in [1.165, 1.54) is 12.4 Å². The topological polar surface area (TPSA) is 162 Å². The van der Waals surface area contributed by atoms with Gasteiger partial charge in [-0.3, -0.25) is 4.68 Å². The van der Waals surface area contributed by atoms with Crippen molar-refractivity contribution in [1.29, 1.82) is 0 Å². The number of rotatable bonds is 9. The van der Waals surface area contributed by atoms with Crippen LogP contribution in [-0.2, 0) is 14.8 Å². The highest BCUT2D eigenvalue weighted by molar-refractivity contribution is 7.90. The average Bonchev–Trinajstić information content (AvgIpc) is 3.50. The Morgan fingerprint density at radius 1 is 1.07 bits per heavy atom. The number of nitrogens with zero attached hydrogens (tertiary/aromatic N) is 7. The number of nitrogens with one attached hydrogen (secondary N) is 2. The Kier molecular flexibility index (Phi) is 6.71. The van der Waals surface area contributed by atoms with Crippen LogP contribution in [0.3, 0.4) is 0 Å². The molecule has 14 heteroatoms. The van der Waals surface area contributed by atoms with E-state index in [1.807, 2.05) is 29.9 Å². The molecule has 0 amide bonds. The molecule has 0 atom stereocenters. The van der Waals surface area contributed by atoms with Gasteiger partial charge in [-0.1, -0.05) is 0 Å². The molecular weight excluding hydrogens is 558 g/mol. The third-order valence-corrected chi connectivity index (χ3v) is 10.2. The Labute approximate surface area is 243 Å². The molecule has 2 saturated carbocycles. The fourth-order valence-corrected chi connectivity index (χ4v) is 6.77. The van der Waals surface area contributed by atoms with Crippen LogP contribution in [0.4, 0.5) is 17.3 Å². The molecule has 0 aromatic carbocycles. The van der Waals surface area contributed by atoms with Crippen LogP contribution in [-0.4, -0.2) is 77.5 Å². The van der Waals surface area contributed by atoms with E-state index >= 15 is 0 Å². The Balaban J connectivity index is 1.14. The second-order valence-electron chi connectivity index (χ2n) is 11.6. The van der Waals surface area contributed by atoms with Gasteiger partial charge in [-0.25, -0.2) is 23.4 Å². The summed E-state index contributed by atoms with van der Waals surface area (Å²) < 4.78 is 33.4. The molecule has 0 spiro atoms. The summed E-state index contributed by atoms with van der Waals surface area (Å²) in [5, 5.41) is 25.9. The molecule has 5 heterocycles. The molecule has 3 aliphatic rings. The summed E-state index contributed by atoms with van der Waals surface area (Å²) >= 11 is 0. The van der Waals surface area contributed by atoms with Gasteiger partial charge in [0.15, 0.2) is 5.82 Å². The number of hydrogen-bond acceptors (Lipinski definition) is 11. The lowest BCUT2D eigenvalue weighted by atomic mass is 9.83. The maximum absolute atomic E-state index is 12.5. The monoisotopic (exact) mass is 591 g/mol. The molecule has 220 valence electrons. The van der Waals surface area contributed by atoms with Crippen LogP contribution >= 0.6 is 0 Å². The molecule has 1 aliphatic heterocycles. The van der Waals surface area contributed by atoms with Crippen molar-refractivity contribution in [2.45, 2.75) is 68.4 Å². The molecule has 42 heavy (non-hydrogen) atoms. The van der Waals surface area contributed by atoms with Gasteiger partial charge in [-0.05, 0) is 57.6 Å². The molecule has 13 nitrogen and oxygen atoms in total. The quantitative estimate of drug-likeness (QED) is 0.262. The second kappa shape index (κ2) is 10.4. The predicted molar refractivity (Wildman–Crippen MR) is 156 cm³/mol. The summed E-state index contributed by atoms with van der Waals surface area (Å²) in [6, 6.07) is 6.10. The Morgan fingerprint density at radius 3 is 2.62 bits per heavy atom. The largest absolute Gasteiger partial charge is 0.390 e. The maximum atomic E-state index is 12.5. The molecule has 0 radical (unpaired) electrons. The number of ether oxygens (including phenoxy) is 1. The van der Waals surface area contributed by atoms with E-state index in [0.29, 0.717) is 49.1 Å². The van der Waals surface area contributed by atoms with Crippen LogP contribution in [0.5, 0.6) is 0 Å². The van der Waals surface area contributed by atoms with E-state index < -0.39 is 15.6 Å². The van der Waals surface area contributed by atoms with E-state index in [4.69, 9.17) is 9.84 Å². The highest BCUT2D eigenvalue weighted by atomic mass is 32.2. The van der Waals surface area contributed by atoms with Gasteiger partial charge in [0.05, 0.1) is 53.8 Å². The zero-order valence-electron chi connectivity index (χ0n) is 23.2. The highest BCUT2D eigenvalue weighted by Gasteiger charge is 2.37. The van der Waals surface area contributed by atoms with Crippen molar-refractivity contribution in [2.24, 2.45) is 0 Å². The van der Waals surface area contributed by atoms with Gasteiger partial charge in [0.1, 0.15) is 11.6 Å². The maximum Gasteiger partial charge on any atom is 0.256 e. The highest BCUT2D eigenvalue weighted by Crippen LogP contribution is 2.35. The van der Waals surface area contributed by atoms with Crippen LogP contribution < -0.4 is 10.6 Å². The first-order valence-corrected chi connectivity index (χ1v) is 15.8. The van der Waals surface area contributed by atoms with Gasteiger partial charge in [0.2, 0.25) is 0 Å². The van der Waals surface area contributed by atoms with E-state index in [1.54, 1.807) is 18.5 Å². The number of anilines is 3. The van der Waals surface area contributed by atoms with E-state index in [-0.39, 0.29) is 17.3 Å². The van der Waals surface area contributed by atoms with Crippen LogP contribution in [0.15, 0.2) is 49.2 Å². The summed E-state index contributed by atoms with van der Waals surface area (Å²) in [7, 11) is -3.47. The number of aromatic nitrogens is 7. The van der Waals surface area contributed by atoms with Crippen LogP contribution in [0, 0.1) is 0 Å². The third kappa shape index (κ3) is 5.49. The first-order chi connectivity index (χ1) is 20.2. The van der Waals surface area contributed by atoms with Gasteiger partial charge in [-0.2, -0.15) is 14.3 Å². The van der Waals surface area contributed by atoms with E-state index in [0.717, 1.165) is 46.7 Å². The van der Waals surface area contributed by atoms with Crippen LogP contribution in [0.2, 0.25) is 0 Å². The Morgan fingerprint density at radius 2 is 1.88 bits per heavy atom. The molecule has 3 fully saturated rings. The minimum Gasteiger partial charge on any atom is -0.390 e. The SMILES string of the molecule is CC1(O)CCC(Nc2cc(Nc3ccnc(-c4cnn(S(=O)(=O)C5CC5)c4)n3)ncc2-c2ccn(C3COC3)n2)CC1. The van der Waals surface area contributed by atoms with Gasteiger partial charge in [0.25, 0.3) is 10.0 Å². The molecule has 7 rings (SSSR count). The smallest absolute Gasteiger partial charge is 0.256 e. The minimum atomic E-state index is -3.47. The molecule has 3 N–H and O–H groups in total. The fraction of sp³-hybridized carbons (Fsp3) is 0.464. The van der Waals surface area contributed by atoms with Gasteiger partial charge in [-0.15, -0.1) is 0 Å². The number of hydrogen-bond donors (Lipinski definition) is 3. The Hall–Kier alpha value is -3.88. The fourth-order valence-electron chi connectivity index (χ4n) is 5.29. The molecular formula is C28H33N9O4S. The number of pyridine rings is 1. The zero-order valence-corrected chi connectivity index (χ0v) is 24.0. The summed E-state index contributed by atoms with van der Waals surface area (Å²) in [4.78, 5) is 13.6. The number of aliphatic hydroxyl groups is 1. The molecule has 0 unspecified atom stereocenters. The molecule has 4 aromatic heterocycles. The van der Waals surface area contributed by atoms with Crippen molar-refractivity contribution in [1.82, 2.24) is 33.9 Å². The summed E-state index contributed by atoms with van der Waals surface area (Å²) in [6.07, 6.45) is 12.8. The van der Waals surface area contributed by atoms with Crippen LogP contribution in [0.1, 0.15) is 51.5 Å². The summed E-state index contributed by atoms with van der Waals surface area (Å²) in [6.45, 7) is 3.22. The van der Waals surface area contributed by atoms with Crippen molar-refractivity contribution in [3.05, 3.63) is 49.2 Å². The first-order valence-electron chi connectivity index (χ1n) is 14.3. The first kappa shape index (κ1) is 27.0. The lowest BCUT2D eigenvalue weighted by Crippen LogP contribution is -2.35. The van der Waals surface area contributed by atoms with Crippen molar-refractivity contribution in [3.8, 4) is 22.6 Å². The van der Waals surface area contributed by atoms with E-state index in [9.17, 15) is 13.5 Å². The predicted octanol–water partition coefficient (Wildman–Crippen LogP) is 3.36. The minimum absolute atomic E-state index is 0.204. The molecule has 0 bridgehead atoms. The zero-order chi connectivity index (χ0) is 28.9. The average molecular weight is 592 g/mol. The summed E-state index contributed by atoms with van der Waals surface area (Å²) in [5.41, 5.74) is 2.46. The lowest BCUT2D eigenvalue weighted by molar-refractivity contribution is -0.0285. The third-order valence-electron chi connectivity index (χ3n) is 8.14. The molecule has 4 aromatic rings. The standard InChI is InChI=1S/C28H33N9O4S/c1-28(38)8-4-19(5-9-28)32-24-12-26(30-14-22(24)23-7-11-36(35-23)20-16-41-17-20)33-25-6-10-29-27(34-25)18-13-31-37(15-18)42(39,40)21-2-3-21/h6-7,10-15,19-21,38H,2-5,8-9,16-17H2,1H3,(H2,29,30,32,33,34). The normalized spacial score (nSPS) is 23.0. The Bertz CT molecular complexity index is 1700. The van der Waals surface area contributed by atoms with Gasteiger partial charge < -0.3 is 20.5 Å². The van der Waals surface area contributed by atoms with Crippen molar-refractivity contribution >= 4 is 27.3 Å². The van der Waals surface area contributed by atoms with Crippen LogP contribution in [0.25, 0.3) is 22.6 Å². The van der Waals surface area contributed by atoms with E-state index in [2.05, 4.69) is 30.7 Å². The lowest BCUT2D eigenvalue weighted by Gasteiger charge is -2.34. The van der Waals surface area contributed by atoms with Gasteiger partial charge in [0, 0.05) is 41.9 Å². The van der Waals surface area contributed by atoms with Crippen molar-refractivity contribution in [3.63, 3.8) is 0 Å². The van der Waals surface area contributed by atoms with Gasteiger partial charge >= 0.3 is 0 Å². The second-order valence-corrected chi connectivity index (χ2v) is 13.7. The molecule has 2 aliphatic carbocycles. The van der Waals surface area contributed by atoms with Crippen molar-refractivity contribution in [2.75, 3.05) is 23.8 Å². The molecule has 1 saturated heterocycles.